The van der Waals surface area contributed by atoms with Crippen molar-refractivity contribution in [1.29, 1.82) is 0 Å². The van der Waals surface area contributed by atoms with Crippen LogP contribution in [0.1, 0.15) is 59.3 Å². The van der Waals surface area contributed by atoms with E-state index in [9.17, 15) is 4.79 Å². The first-order valence-corrected chi connectivity index (χ1v) is 7.19. The highest BCUT2D eigenvalue weighted by atomic mass is 16.2. The lowest BCUT2D eigenvalue weighted by Crippen LogP contribution is -2.38. The van der Waals surface area contributed by atoms with Crippen molar-refractivity contribution in [2.24, 2.45) is 11.7 Å². The summed E-state index contributed by atoms with van der Waals surface area (Å²) in [5.74, 6) is 0.565. The van der Waals surface area contributed by atoms with Crippen LogP contribution in [0.3, 0.4) is 0 Å². The molecule has 0 aliphatic carbocycles. The molecule has 0 heterocycles. The second kappa shape index (κ2) is 10.6. The summed E-state index contributed by atoms with van der Waals surface area (Å²) in [6, 6.07) is 0. The molecule has 1 unspecified atom stereocenters. The van der Waals surface area contributed by atoms with Crippen LogP contribution in [0, 0.1) is 5.92 Å². The fraction of sp³-hybridized carbons (Fsp3) is 0.929. The maximum atomic E-state index is 12.4. The molecule has 0 rings (SSSR count). The average molecular weight is 242 g/mol. The smallest absolute Gasteiger partial charge is 0.225 e. The zero-order valence-electron chi connectivity index (χ0n) is 11.9. The van der Waals surface area contributed by atoms with Gasteiger partial charge in [-0.3, -0.25) is 4.79 Å². The zero-order chi connectivity index (χ0) is 13.1. The summed E-state index contributed by atoms with van der Waals surface area (Å²) >= 11 is 0. The van der Waals surface area contributed by atoms with E-state index in [1.54, 1.807) is 0 Å². The summed E-state index contributed by atoms with van der Waals surface area (Å²) in [5.41, 5.74) is 5.52. The Hall–Kier alpha value is -0.570. The zero-order valence-corrected chi connectivity index (χ0v) is 11.9. The Morgan fingerprint density at radius 1 is 1.12 bits per heavy atom. The quantitative estimate of drug-likeness (QED) is 0.640. The van der Waals surface area contributed by atoms with E-state index in [1.165, 1.54) is 6.42 Å². The molecule has 3 nitrogen and oxygen atoms in total. The van der Waals surface area contributed by atoms with Gasteiger partial charge in [-0.15, -0.1) is 0 Å². The lowest BCUT2D eigenvalue weighted by molar-refractivity contribution is -0.136. The minimum absolute atomic E-state index is 0.222. The van der Waals surface area contributed by atoms with Crippen molar-refractivity contribution in [1.82, 2.24) is 4.90 Å². The Morgan fingerprint density at radius 3 is 2.29 bits per heavy atom. The SMILES string of the molecule is CCCCC(CC)C(=O)N(CCC)CCCN. The van der Waals surface area contributed by atoms with Crippen LogP contribution in [0.4, 0.5) is 0 Å². The van der Waals surface area contributed by atoms with Gasteiger partial charge in [0.15, 0.2) is 0 Å². The van der Waals surface area contributed by atoms with Crippen LogP contribution in [0.25, 0.3) is 0 Å². The van der Waals surface area contributed by atoms with E-state index in [1.807, 2.05) is 4.90 Å². The third-order valence-corrected chi connectivity index (χ3v) is 3.19. The molecule has 0 aromatic heterocycles. The number of nitrogens with two attached hydrogens (primary N) is 1. The van der Waals surface area contributed by atoms with Crippen LogP contribution in [0.5, 0.6) is 0 Å². The maximum absolute atomic E-state index is 12.4. The van der Waals surface area contributed by atoms with E-state index in [-0.39, 0.29) is 5.92 Å². The molecule has 1 amide bonds. The molecule has 0 bridgehead atoms. The van der Waals surface area contributed by atoms with Gasteiger partial charge >= 0.3 is 0 Å². The molecule has 0 radical (unpaired) electrons. The van der Waals surface area contributed by atoms with Crippen molar-refractivity contribution in [3.63, 3.8) is 0 Å². The summed E-state index contributed by atoms with van der Waals surface area (Å²) in [5, 5.41) is 0. The molecule has 102 valence electrons. The first-order valence-electron chi connectivity index (χ1n) is 7.19. The molecule has 0 aliphatic rings. The Labute approximate surface area is 107 Å². The Morgan fingerprint density at radius 2 is 1.82 bits per heavy atom. The number of carbonyl (C=O) groups is 1. The fourth-order valence-electron chi connectivity index (χ4n) is 2.10. The van der Waals surface area contributed by atoms with Crippen molar-refractivity contribution in [3.05, 3.63) is 0 Å². The lowest BCUT2D eigenvalue weighted by Gasteiger charge is -2.26. The topological polar surface area (TPSA) is 46.3 Å². The second-order valence-corrected chi connectivity index (χ2v) is 4.71. The monoisotopic (exact) mass is 242 g/mol. The van der Waals surface area contributed by atoms with Gasteiger partial charge in [0.25, 0.3) is 0 Å². The molecule has 1 atom stereocenters. The maximum Gasteiger partial charge on any atom is 0.225 e. The molecule has 0 saturated heterocycles. The Bertz CT molecular complexity index is 195. The van der Waals surface area contributed by atoms with Crippen molar-refractivity contribution < 1.29 is 4.79 Å². The van der Waals surface area contributed by atoms with Gasteiger partial charge in [-0.2, -0.15) is 0 Å². The molecule has 0 aliphatic heterocycles. The molecular weight excluding hydrogens is 212 g/mol. The number of unbranched alkanes of at least 4 members (excludes halogenated alkanes) is 1. The summed E-state index contributed by atoms with van der Waals surface area (Å²) in [4.78, 5) is 14.4. The number of rotatable bonds is 10. The number of hydrogen-bond acceptors (Lipinski definition) is 2. The summed E-state index contributed by atoms with van der Waals surface area (Å²) < 4.78 is 0. The minimum Gasteiger partial charge on any atom is -0.342 e. The molecular formula is C14H30N2O. The molecule has 0 aromatic rings. The standard InChI is InChI=1S/C14H30N2O/c1-4-7-9-13(6-3)14(17)16(11-5-2)12-8-10-15/h13H,4-12,15H2,1-3H3. The molecule has 0 spiro atoms. The van der Waals surface area contributed by atoms with Crippen LogP contribution in [0.15, 0.2) is 0 Å². The predicted octanol–water partition coefficient (Wildman–Crippen LogP) is 2.79. The number of nitrogens with zero attached hydrogens (tertiary/aromatic N) is 1. The summed E-state index contributed by atoms with van der Waals surface area (Å²) in [6.07, 6.45) is 6.26. The molecule has 0 fully saturated rings. The molecule has 0 saturated carbocycles. The lowest BCUT2D eigenvalue weighted by atomic mass is 9.97. The average Bonchev–Trinajstić information content (AvgIpc) is 2.35. The van der Waals surface area contributed by atoms with Crippen LogP contribution in [0.2, 0.25) is 0 Å². The van der Waals surface area contributed by atoms with Gasteiger partial charge in [-0.05, 0) is 32.2 Å². The van der Waals surface area contributed by atoms with E-state index in [2.05, 4.69) is 20.8 Å². The van der Waals surface area contributed by atoms with E-state index in [0.29, 0.717) is 12.5 Å². The Kier molecular flexibility index (Phi) is 10.2. The van der Waals surface area contributed by atoms with Crippen molar-refractivity contribution >= 4 is 5.91 Å². The van der Waals surface area contributed by atoms with Gasteiger partial charge < -0.3 is 10.6 Å². The first-order chi connectivity index (χ1) is 8.21. The molecule has 0 aromatic carbocycles. The number of amides is 1. The number of hydrogen-bond donors (Lipinski definition) is 1. The molecule has 3 heteroatoms. The highest BCUT2D eigenvalue weighted by Crippen LogP contribution is 2.16. The summed E-state index contributed by atoms with van der Waals surface area (Å²) in [7, 11) is 0. The highest BCUT2D eigenvalue weighted by Gasteiger charge is 2.21. The third kappa shape index (κ3) is 6.67. The minimum atomic E-state index is 0.222. The van der Waals surface area contributed by atoms with Gasteiger partial charge in [0.2, 0.25) is 5.91 Å². The third-order valence-electron chi connectivity index (χ3n) is 3.19. The van der Waals surface area contributed by atoms with Crippen molar-refractivity contribution in [2.75, 3.05) is 19.6 Å². The van der Waals surface area contributed by atoms with E-state index in [4.69, 9.17) is 5.73 Å². The normalized spacial score (nSPS) is 12.5. The van der Waals surface area contributed by atoms with Gasteiger partial charge in [0, 0.05) is 19.0 Å². The molecule has 17 heavy (non-hydrogen) atoms. The van der Waals surface area contributed by atoms with Crippen LogP contribution in [-0.2, 0) is 4.79 Å². The van der Waals surface area contributed by atoms with Crippen LogP contribution in [-0.4, -0.2) is 30.4 Å². The van der Waals surface area contributed by atoms with Gasteiger partial charge in [-0.1, -0.05) is 33.6 Å². The van der Waals surface area contributed by atoms with Crippen molar-refractivity contribution in [2.45, 2.75) is 59.3 Å². The van der Waals surface area contributed by atoms with Gasteiger partial charge in [0.1, 0.15) is 0 Å². The van der Waals surface area contributed by atoms with E-state index >= 15 is 0 Å². The fourth-order valence-corrected chi connectivity index (χ4v) is 2.10. The first kappa shape index (κ1) is 16.4. The number of carbonyl (C=O) groups excluding carboxylic acids is 1. The summed E-state index contributed by atoms with van der Waals surface area (Å²) in [6.45, 7) is 8.78. The van der Waals surface area contributed by atoms with Crippen molar-refractivity contribution in [3.8, 4) is 0 Å². The van der Waals surface area contributed by atoms with E-state index in [0.717, 1.165) is 45.2 Å². The van der Waals surface area contributed by atoms with Crippen LogP contribution >= 0.6 is 0 Å². The Balaban J connectivity index is 4.32. The van der Waals surface area contributed by atoms with Crippen LogP contribution < -0.4 is 5.73 Å². The predicted molar refractivity (Wildman–Crippen MR) is 73.8 cm³/mol. The van der Waals surface area contributed by atoms with Gasteiger partial charge in [-0.25, -0.2) is 0 Å². The van der Waals surface area contributed by atoms with Gasteiger partial charge in [0.05, 0.1) is 0 Å². The highest BCUT2D eigenvalue weighted by molar-refractivity contribution is 5.78. The second-order valence-electron chi connectivity index (χ2n) is 4.71. The van der Waals surface area contributed by atoms with E-state index < -0.39 is 0 Å². The molecule has 2 N–H and O–H groups in total. The largest absolute Gasteiger partial charge is 0.342 e.